The fourth-order valence-electron chi connectivity index (χ4n) is 3.51. The van der Waals surface area contributed by atoms with Gasteiger partial charge < -0.3 is 15.7 Å². The Morgan fingerprint density at radius 2 is 1.69 bits per heavy atom. The number of aliphatic hydroxyl groups is 1. The van der Waals surface area contributed by atoms with Crippen LogP contribution < -0.4 is 10.6 Å². The molecular formula is C20H20ClF3N4O. The van der Waals surface area contributed by atoms with E-state index in [2.05, 4.69) is 20.8 Å². The molecule has 0 amide bonds. The zero-order valence-corrected chi connectivity index (χ0v) is 16.1. The topological polar surface area (TPSA) is 70.1 Å². The fourth-order valence-corrected chi connectivity index (χ4v) is 3.51. The molecule has 9 heteroatoms. The fraction of sp³-hybridized carbons (Fsp3) is 0.300. The molecule has 1 saturated heterocycles. The van der Waals surface area contributed by atoms with Crippen molar-refractivity contribution in [2.24, 2.45) is 5.92 Å². The average Bonchev–Trinajstić information content (AvgIpc) is 3.15. The second-order valence-corrected chi connectivity index (χ2v) is 6.87. The van der Waals surface area contributed by atoms with E-state index in [1.165, 1.54) is 12.1 Å². The van der Waals surface area contributed by atoms with E-state index >= 15 is 0 Å². The van der Waals surface area contributed by atoms with Gasteiger partial charge in [0.2, 0.25) is 0 Å². The van der Waals surface area contributed by atoms with E-state index in [4.69, 9.17) is 0 Å². The normalized spacial score (nSPS) is 19.2. The summed E-state index contributed by atoms with van der Waals surface area (Å²) in [5.74, 6) is 0.675. The van der Waals surface area contributed by atoms with Crippen LogP contribution in [0.15, 0.2) is 48.5 Å². The lowest BCUT2D eigenvalue weighted by molar-refractivity contribution is -0.137. The van der Waals surface area contributed by atoms with Crippen LogP contribution in [0.3, 0.4) is 0 Å². The van der Waals surface area contributed by atoms with E-state index in [1.807, 2.05) is 24.3 Å². The molecule has 3 N–H and O–H groups in total. The first-order valence-electron chi connectivity index (χ1n) is 8.98. The highest BCUT2D eigenvalue weighted by Gasteiger charge is 2.30. The quantitative estimate of drug-likeness (QED) is 0.595. The molecule has 3 aromatic rings. The molecule has 1 aromatic heterocycles. The van der Waals surface area contributed by atoms with Gasteiger partial charge in [-0.1, -0.05) is 36.4 Å². The van der Waals surface area contributed by atoms with Gasteiger partial charge >= 0.3 is 6.18 Å². The van der Waals surface area contributed by atoms with Crippen LogP contribution in [0.2, 0.25) is 0 Å². The third kappa shape index (κ3) is 4.29. The number of alkyl halides is 3. The number of fused-ring (bicyclic) bond motifs is 1. The van der Waals surface area contributed by atoms with Crippen molar-refractivity contribution in [2.75, 3.05) is 25.0 Å². The summed E-state index contributed by atoms with van der Waals surface area (Å²) in [6.07, 6.45) is -4.38. The first kappa shape index (κ1) is 21.3. The number of nitrogens with zero attached hydrogens (tertiary/aromatic N) is 2. The van der Waals surface area contributed by atoms with Gasteiger partial charge in [0.25, 0.3) is 0 Å². The summed E-state index contributed by atoms with van der Waals surface area (Å²) in [6, 6.07) is 12.5. The number of halogens is 4. The van der Waals surface area contributed by atoms with Crippen LogP contribution in [0.25, 0.3) is 22.0 Å². The van der Waals surface area contributed by atoms with E-state index in [1.54, 1.807) is 0 Å². The average molecular weight is 425 g/mol. The molecule has 154 valence electrons. The maximum Gasteiger partial charge on any atom is 0.416 e. The zero-order chi connectivity index (χ0) is 19.7. The summed E-state index contributed by atoms with van der Waals surface area (Å²) in [5.41, 5.74) is 0.396. The van der Waals surface area contributed by atoms with Crippen LogP contribution >= 0.6 is 12.4 Å². The molecule has 4 rings (SSSR count). The van der Waals surface area contributed by atoms with Gasteiger partial charge in [0, 0.05) is 48.0 Å². The molecular weight excluding hydrogens is 405 g/mol. The number of aliphatic hydroxyl groups excluding tert-OH is 1. The van der Waals surface area contributed by atoms with Gasteiger partial charge in [0.1, 0.15) is 5.69 Å². The number of rotatable bonds is 4. The highest BCUT2D eigenvalue weighted by atomic mass is 35.5. The Morgan fingerprint density at radius 3 is 2.34 bits per heavy atom. The molecule has 1 aliphatic heterocycles. The second kappa shape index (κ2) is 8.52. The predicted molar refractivity (Wildman–Crippen MR) is 108 cm³/mol. The molecule has 0 saturated carbocycles. The van der Waals surface area contributed by atoms with Crippen molar-refractivity contribution < 1.29 is 18.3 Å². The molecule has 2 aromatic carbocycles. The van der Waals surface area contributed by atoms with Crippen molar-refractivity contribution in [3.63, 3.8) is 0 Å². The molecule has 0 bridgehead atoms. The van der Waals surface area contributed by atoms with Gasteiger partial charge in [-0.3, -0.25) is 0 Å². The molecule has 0 spiro atoms. The lowest BCUT2D eigenvalue weighted by Crippen LogP contribution is -2.30. The van der Waals surface area contributed by atoms with Crippen molar-refractivity contribution >= 4 is 29.0 Å². The summed E-state index contributed by atoms with van der Waals surface area (Å²) in [4.78, 5) is 0. The van der Waals surface area contributed by atoms with Crippen LogP contribution in [0.5, 0.6) is 0 Å². The third-order valence-electron chi connectivity index (χ3n) is 5.07. The highest BCUT2D eigenvalue weighted by molar-refractivity contribution is 6.00. The molecule has 2 atom stereocenters. The lowest BCUT2D eigenvalue weighted by atomic mass is 10.0. The molecule has 0 unspecified atom stereocenters. The van der Waals surface area contributed by atoms with Crippen molar-refractivity contribution in [1.82, 2.24) is 15.5 Å². The number of hydrogen-bond acceptors (Lipinski definition) is 5. The first-order valence-corrected chi connectivity index (χ1v) is 8.98. The maximum absolute atomic E-state index is 12.8. The zero-order valence-electron chi connectivity index (χ0n) is 15.3. The van der Waals surface area contributed by atoms with Crippen LogP contribution in [0.4, 0.5) is 19.0 Å². The number of benzene rings is 2. The van der Waals surface area contributed by atoms with Crippen molar-refractivity contribution in [1.29, 1.82) is 0 Å². The number of anilines is 1. The third-order valence-corrected chi connectivity index (χ3v) is 5.07. The van der Waals surface area contributed by atoms with Crippen LogP contribution in [0.1, 0.15) is 5.56 Å². The number of nitrogens with one attached hydrogen (secondary N) is 2. The SMILES string of the molecule is Cl.OC[C@H]1CNC[C@@H]1Nc1nnc(-c2ccc(C(F)(F)F)cc2)c2ccccc12. The highest BCUT2D eigenvalue weighted by Crippen LogP contribution is 2.33. The molecule has 0 radical (unpaired) electrons. The van der Waals surface area contributed by atoms with Gasteiger partial charge in [0.05, 0.1) is 5.56 Å². The first-order chi connectivity index (χ1) is 13.5. The minimum absolute atomic E-state index is 0. The number of aromatic nitrogens is 2. The Labute approximate surface area is 171 Å². The summed E-state index contributed by atoms with van der Waals surface area (Å²) in [6.45, 7) is 1.50. The van der Waals surface area contributed by atoms with Gasteiger partial charge in [0.15, 0.2) is 5.82 Å². The minimum atomic E-state index is -4.38. The Hall–Kier alpha value is -2.42. The smallest absolute Gasteiger partial charge is 0.396 e. The standard InChI is InChI=1S/C20H19F3N4O.ClH/c21-20(22,23)14-7-5-12(6-8-14)18-15-3-1-2-4-16(15)19(27-26-18)25-17-10-24-9-13(17)11-28;/h1-8,13,17,24,28H,9-11H2,(H,25,27);1H/t13-,17+;/m1./s1. The minimum Gasteiger partial charge on any atom is -0.396 e. The summed E-state index contributed by atoms with van der Waals surface area (Å²) in [5, 5.41) is 26.3. The Bertz CT molecular complexity index is 982. The lowest BCUT2D eigenvalue weighted by Gasteiger charge is -2.19. The van der Waals surface area contributed by atoms with E-state index in [0.29, 0.717) is 23.6 Å². The van der Waals surface area contributed by atoms with Gasteiger partial charge in [-0.15, -0.1) is 22.6 Å². The summed E-state index contributed by atoms with van der Waals surface area (Å²) < 4.78 is 38.5. The van der Waals surface area contributed by atoms with Crippen LogP contribution in [-0.4, -0.2) is 41.0 Å². The van der Waals surface area contributed by atoms with E-state index in [-0.39, 0.29) is 31.0 Å². The van der Waals surface area contributed by atoms with Crippen LogP contribution in [0, 0.1) is 5.92 Å². The molecule has 1 fully saturated rings. The summed E-state index contributed by atoms with van der Waals surface area (Å²) in [7, 11) is 0. The Balaban J connectivity index is 0.00000240. The van der Waals surface area contributed by atoms with E-state index in [0.717, 1.165) is 29.4 Å². The molecule has 1 aliphatic rings. The van der Waals surface area contributed by atoms with Gasteiger partial charge in [-0.2, -0.15) is 13.2 Å². The molecule has 5 nitrogen and oxygen atoms in total. The van der Waals surface area contributed by atoms with Gasteiger partial charge in [-0.25, -0.2) is 0 Å². The van der Waals surface area contributed by atoms with Crippen molar-refractivity contribution in [2.45, 2.75) is 12.2 Å². The van der Waals surface area contributed by atoms with Crippen LogP contribution in [-0.2, 0) is 6.18 Å². The molecule has 29 heavy (non-hydrogen) atoms. The Morgan fingerprint density at radius 1 is 1.00 bits per heavy atom. The van der Waals surface area contributed by atoms with E-state index in [9.17, 15) is 18.3 Å². The second-order valence-electron chi connectivity index (χ2n) is 6.87. The molecule has 2 heterocycles. The van der Waals surface area contributed by atoms with Crippen molar-refractivity contribution in [3.8, 4) is 11.3 Å². The predicted octanol–water partition coefficient (Wildman–Crippen LogP) is 3.73. The maximum atomic E-state index is 12.8. The monoisotopic (exact) mass is 424 g/mol. The van der Waals surface area contributed by atoms with Gasteiger partial charge in [-0.05, 0) is 12.1 Å². The number of hydrogen-bond donors (Lipinski definition) is 3. The largest absolute Gasteiger partial charge is 0.416 e. The molecule has 0 aliphatic carbocycles. The summed E-state index contributed by atoms with van der Waals surface area (Å²) >= 11 is 0. The van der Waals surface area contributed by atoms with Crippen molar-refractivity contribution in [3.05, 3.63) is 54.1 Å². The van der Waals surface area contributed by atoms with E-state index < -0.39 is 11.7 Å². The Kier molecular flexibility index (Phi) is 6.26.